The summed E-state index contributed by atoms with van der Waals surface area (Å²) in [6.07, 6.45) is 11.8. The maximum atomic E-state index is 11.8. The summed E-state index contributed by atoms with van der Waals surface area (Å²) in [6.45, 7) is 6.14. The first kappa shape index (κ1) is 21.3. The summed E-state index contributed by atoms with van der Waals surface area (Å²) in [5, 5.41) is 2.92. The Morgan fingerprint density at radius 2 is 1.87 bits per heavy atom. The van der Waals surface area contributed by atoms with Crippen molar-refractivity contribution in [2.45, 2.75) is 40.2 Å². The van der Waals surface area contributed by atoms with E-state index < -0.39 is 0 Å². The molecule has 2 aliphatic rings. The fourth-order valence-corrected chi connectivity index (χ4v) is 3.62. The normalized spacial score (nSPS) is 16.8. The summed E-state index contributed by atoms with van der Waals surface area (Å²) in [7, 11) is 0. The fraction of sp³-hybridized carbons (Fsp3) is 0.231. The van der Waals surface area contributed by atoms with Crippen molar-refractivity contribution in [3.63, 3.8) is 0 Å². The van der Waals surface area contributed by atoms with Crippen LogP contribution in [0.4, 0.5) is 0 Å². The third kappa shape index (κ3) is 5.35. The van der Waals surface area contributed by atoms with Gasteiger partial charge in [-0.25, -0.2) is 0 Å². The van der Waals surface area contributed by atoms with Crippen LogP contribution in [0.2, 0.25) is 0 Å². The van der Waals surface area contributed by atoms with Crippen LogP contribution in [0.25, 0.3) is 0 Å². The second-order valence-electron chi connectivity index (χ2n) is 7.51. The highest BCUT2D eigenvalue weighted by Gasteiger charge is 2.19. The summed E-state index contributed by atoms with van der Waals surface area (Å²) in [5.41, 5.74) is 6.74. The Morgan fingerprint density at radius 1 is 1.10 bits per heavy atom. The lowest BCUT2D eigenvalue weighted by Crippen LogP contribution is -2.21. The van der Waals surface area contributed by atoms with Crippen molar-refractivity contribution < 1.29 is 14.3 Å². The Labute approximate surface area is 178 Å². The van der Waals surface area contributed by atoms with E-state index in [2.05, 4.69) is 25.2 Å². The van der Waals surface area contributed by atoms with Gasteiger partial charge in [-0.05, 0) is 67.2 Å². The highest BCUT2D eigenvalue weighted by atomic mass is 16.5. The van der Waals surface area contributed by atoms with Crippen molar-refractivity contribution in [2.24, 2.45) is 0 Å². The van der Waals surface area contributed by atoms with E-state index in [0.717, 1.165) is 40.7 Å². The Kier molecular flexibility index (Phi) is 7.02. The standard InChI is InChI=1S/C26H27NO3/c1-18-9-12-23(30-17-22-7-5-4-6-8-22)15-19(2)26(18)24-13-10-21(16-28)11-14-25(24)27-20(3)29/h4-8,11-16H,9-10,17H2,1-3H3,(H,27,29). The van der Waals surface area contributed by atoms with Gasteiger partial charge in [0.15, 0.2) is 0 Å². The van der Waals surface area contributed by atoms with Crippen LogP contribution < -0.4 is 5.32 Å². The molecule has 0 heterocycles. The molecule has 1 aromatic rings. The quantitative estimate of drug-likeness (QED) is 0.664. The maximum Gasteiger partial charge on any atom is 0.221 e. The minimum absolute atomic E-state index is 0.145. The van der Waals surface area contributed by atoms with E-state index in [1.54, 1.807) is 6.08 Å². The molecule has 1 amide bonds. The number of carbonyl (C=O) groups is 2. The summed E-state index contributed by atoms with van der Waals surface area (Å²) in [6, 6.07) is 10.1. The lowest BCUT2D eigenvalue weighted by atomic mass is 9.91. The molecule has 0 radical (unpaired) electrons. The molecule has 1 N–H and O–H groups in total. The SMILES string of the molecule is CC(=O)NC1=CC=C(C=O)CC=C1C1=C(C)CC=C(OCc2ccccc2)C=C1C. The molecule has 0 atom stereocenters. The molecule has 3 rings (SSSR count). The van der Waals surface area contributed by atoms with Gasteiger partial charge >= 0.3 is 0 Å². The summed E-state index contributed by atoms with van der Waals surface area (Å²) in [5.74, 6) is 0.685. The van der Waals surface area contributed by atoms with Crippen molar-refractivity contribution in [3.8, 4) is 0 Å². The molecule has 0 bridgehead atoms. The number of carbonyl (C=O) groups excluding carboxylic acids is 2. The molecule has 4 heteroatoms. The molecule has 30 heavy (non-hydrogen) atoms. The van der Waals surface area contributed by atoms with E-state index >= 15 is 0 Å². The van der Waals surface area contributed by atoms with Gasteiger partial charge in [-0.2, -0.15) is 0 Å². The third-order valence-corrected chi connectivity index (χ3v) is 5.07. The van der Waals surface area contributed by atoms with Gasteiger partial charge in [0.2, 0.25) is 5.91 Å². The van der Waals surface area contributed by atoms with Gasteiger partial charge in [0, 0.05) is 18.2 Å². The highest BCUT2D eigenvalue weighted by molar-refractivity contribution is 5.79. The van der Waals surface area contributed by atoms with Crippen molar-refractivity contribution in [3.05, 3.63) is 106 Å². The average molecular weight is 402 g/mol. The van der Waals surface area contributed by atoms with Gasteiger partial charge in [-0.3, -0.25) is 9.59 Å². The van der Waals surface area contributed by atoms with E-state index in [9.17, 15) is 9.59 Å². The number of amides is 1. The molecule has 0 saturated heterocycles. The lowest BCUT2D eigenvalue weighted by Gasteiger charge is -2.18. The predicted octanol–water partition coefficient (Wildman–Crippen LogP) is 5.23. The minimum atomic E-state index is -0.145. The molecule has 0 saturated carbocycles. The van der Waals surface area contributed by atoms with Gasteiger partial charge in [0.05, 0.1) is 0 Å². The second-order valence-corrected chi connectivity index (χ2v) is 7.51. The number of benzene rings is 1. The Hall–Kier alpha value is -3.40. The first-order valence-corrected chi connectivity index (χ1v) is 10.1. The number of hydrogen-bond acceptors (Lipinski definition) is 3. The van der Waals surface area contributed by atoms with Crippen LogP contribution in [0.5, 0.6) is 0 Å². The highest BCUT2D eigenvalue weighted by Crippen LogP contribution is 2.34. The van der Waals surface area contributed by atoms with E-state index in [-0.39, 0.29) is 5.91 Å². The molecule has 0 aromatic heterocycles. The maximum absolute atomic E-state index is 11.8. The van der Waals surface area contributed by atoms with Crippen molar-refractivity contribution in [1.29, 1.82) is 0 Å². The number of rotatable bonds is 6. The molecule has 4 nitrogen and oxygen atoms in total. The molecule has 2 aliphatic carbocycles. The molecular weight excluding hydrogens is 374 g/mol. The van der Waals surface area contributed by atoms with E-state index in [1.165, 1.54) is 12.5 Å². The van der Waals surface area contributed by atoms with Crippen LogP contribution in [0.15, 0.2) is 100 Å². The average Bonchev–Trinajstić information content (AvgIpc) is 3.00. The van der Waals surface area contributed by atoms with Gasteiger partial charge in [0.25, 0.3) is 0 Å². The van der Waals surface area contributed by atoms with Crippen molar-refractivity contribution in [2.75, 3.05) is 0 Å². The van der Waals surface area contributed by atoms with Crippen molar-refractivity contribution >= 4 is 12.2 Å². The molecule has 0 unspecified atom stereocenters. The van der Waals surface area contributed by atoms with Crippen LogP contribution in [-0.4, -0.2) is 12.2 Å². The number of allylic oxidation sites excluding steroid dienone is 9. The van der Waals surface area contributed by atoms with Gasteiger partial charge < -0.3 is 10.1 Å². The largest absolute Gasteiger partial charge is 0.489 e. The van der Waals surface area contributed by atoms with Crippen molar-refractivity contribution in [1.82, 2.24) is 5.32 Å². The fourth-order valence-electron chi connectivity index (χ4n) is 3.62. The molecular formula is C26H27NO3. The van der Waals surface area contributed by atoms with E-state index in [1.807, 2.05) is 48.6 Å². The zero-order valence-corrected chi connectivity index (χ0v) is 17.7. The number of nitrogens with one attached hydrogen (secondary N) is 1. The second kappa shape index (κ2) is 9.88. The number of aldehydes is 1. The molecule has 0 fully saturated rings. The molecule has 154 valence electrons. The third-order valence-electron chi connectivity index (χ3n) is 5.07. The van der Waals surface area contributed by atoms with Crippen LogP contribution in [0.3, 0.4) is 0 Å². The predicted molar refractivity (Wildman–Crippen MR) is 119 cm³/mol. The smallest absolute Gasteiger partial charge is 0.221 e. The van der Waals surface area contributed by atoms with Crippen LogP contribution in [0.1, 0.15) is 39.2 Å². The van der Waals surface area contributed by atoms with Gasteiger partial charge in [-0.1, -0.05) is 48.1 Å². The summed E-state index contributed by atoms with van der Waals surface area (Å²) < 4.78 is 6.05. The monoisotopic (exact) mass is 401 g/mol. The van der Waals surface area contributed by atoms with Crippen LogP contribution >= 0.6 is 0 Å². The number of hydrogen-bond donors (Lipinski definition) is 1. The number of ether oxygens (including phenoxy) is 1. The lowest BCUT2D eigenvalue weighted by molar-refractivity contribution is -0.118. The zero-order valence-electron chi connectivity index (χ0n) is 17.7. The summed E-state index contributed by atoms with van der Waals surface area (Å²) in [4.78, 5) is 23.1. The Balaban J connectivity index is 1.88. The first-order valence-electron chi connectivity index (χ1n) is 10.1. The summed E-state index contributed by atoms with van der Waals surface area (Å²) >= 11 is 0. The van der Waals surface area contributed by atoms with E-state index in [4.69, 9.17) is 4.74 Å². The molecule has 1 aromatic carbocycles. The first-order chi connectivity index (χ1) is 14.5. The molecule has 0 spiro atoms. The zero-order chi connectivity index (χ0) is 21.5. The molecule has 0 aliphatic heterocycles. The van der Waals surface area contributed by atoms with Crippen LogP contribution in [-0.2, 0) is 20.9 Å². The minimum Gasteiger partial charge on any atom is -0.489 e. The topological polar surface area (TPSA) is 55.4 Å². The van der Waals surface area contributed by atoms with Crippen LogP contribution in [0, 0.1) is 0 Å². The Morgan fingerprint density at radius 3 is 2.57 bits per heavy atom. The Bertz CT molecular complexity index is 1020. The van der Waals surface area contributed by atoms with E-state index in [0.29, 0.717) is 24.3 Å². The van der Waals surface area contributed by atoms with Gasteiger partial charge in [-0.15, -0.1) is 0 Å². The van der Waals surface area contributed by atoms with Gasteiger partial charge in [0.1, 0.15) is 18.7 Å².